The number of aliphatic hydroxyl groups is 1. The summed E-state index contributed by atoms with van der Waals surface area (Å²) in [5.41, 5.74) is 5.73. The maximum Gasteiger partial charge on any atom is 0.231 e. The number of rotatable bonds is 4. The summed E-state index contributed by atoms with van der Waals surface area (Å²) in [6.07, 6.45) is 0. The molecule has 3 rings (SSSR count). The second-order valence-electron chi connectivity index (χ2n) is 4.67. The molecule has 0 unspecified atom stereocenters. The molecule has 2 aromatic rings. The average molecular weight is 356 g/mol. The molecule has 0 saturated heterocycles. The minimum Gasteiger partial charge on any atom is -0.507 e. The van der Waals surface area contributed by atoms with Crippen LogP contribution in [-0.4, -0.2) is 30.8 Å². The van der Waals surface area contributed by atoms with Gasteiger partial charge in [-0.1, -0.05) is 24.3 Å². The standard InChI is InChI=1S/C14H8N6O2S2/c15-5-14(6-16,24-23-13-18-12(17)19-20-13)9-10(21)7-3-1-2-4-8(7)11(9)22/h1-4,21H,(H3,17,18,19,20). The lowest BCUT2D eigenvalue weighted by Gasteiger charge is -2.17. The zero-order valence-electron chi connectivity index (χ0n) is 11.8. The number of benzene rings is 1. The van der Waals surface area contributed by atoms with Crippen molar-refractivity contribution in [1.82, 2.24) is 15.2 Å². The highest BCUT2D eigenvalue weighted by Crippen LogP contribution is 2.48. The lowest BCUT2D eigenvalue weighted by molar-refractivity contribution is 0.103. The van der Waals surface area contributed by atoms with Crippen LogP contribution in [0.5, 0.6) is 0 Å². The second-order valence-corrected chi connectivity index (χ2v) is 6.98. The van der Waals surface area contributed by atoms with Crippen molar-refractivity contribution >= 4 is 39.1 Å². The Bertz CT molecular complexity index is 939. The molecule has 1 aromatic heterocycles. The highest BCUT2D eigenvalue weighted by molar-refractivity contribution is 8.77. The number of nitrogens with one attached hydrogen (secondary N) is 1. The van der Waals surface area contributed by atoms with E-state index in [-0.39, 0.29) is 28.0 Å². The topological polar surface area (TPSA) is 152 Å². The number of carbonyl (C=O) groups is 1. The molecule has 0 amide bonds. The van der Waals surface area contributed by atoms with Gasteiger partial charge >= 0.3 is 0 Å². The molecule has 0 bridgehead atoms. The number of H-pyrrole nitrogens is 1. The number of nitrogens with zero attached hydrogens (tertiary/aromatic N) is 4. The zero-order valence-corrected chi connectivity index (χ0v) is 13.5. The maximum atomic E-state index is 12.6. The molecule has 24 heavy (non-hydrogen) atoms. The van der Waals surface area contributed by atoms with Crippen molar-refractivity contribution in [3.8, 4) is 12.1 Å². The molecule has 0 radical (unpaired) electrons. The van der Waals surface area contributed by atoms with E-state index in [9.17, 15) is 20.4 Å². The number of nitrogens with two attached hydrogens (primary N) is 1. The summed E-state index contributed by atoms with van der Waals surface area (Å²) in [6, 6.07) is 10.0. The van der Waals surface area contributed by atoms with E-state index >= 15 is 0 Å². The summed E-state index contributed by atoms with van der Waals surface area (Å²) in [7, 11) is 1.67. The van der Waals surface area contributed by atoms with Crippen LogP contribution in [0.4, 0.5) is 5.95 Å². The predicted molar refractivity (Wildman–Crippen MR) is 88.5 cm³/mol. The van der Waals surface area contributed by atoms with Gasteiger partial charge in [-0.25, -0.2) is 5.10 Å². The third-order valence-electron chi connectivity index (χ3n) is 3.28. The van der Waals surface area contributed by atoms with Gasteiger partial charge in [0.2, 0.25) is 15.9 Å². The number of aromatic amines is 1. The third kappa shape index (κ3) is 2.38. The fourth-order valence-corrected chi connectivity index (χ4v) is 4.26. The SMILES string of the molecule is N#CC(C#N)(SSc1n[nH]c(N)n1)C1=C(O)c2ccccc2C1=O. The normalized spacial score (nSPS) is 13.5. The number of hydrogen-bond acceptors (Lipinski definition) is 9. The van der Waals surface area contributed by atoms with E-state index in [1.807, 2.05) is 12.1 Å². The molecule has 0 saturated carbocycles. The summed E-state index contributed by atoms with van der Waals surface area (Å²) in [5.74, 6) is -0.820. The number of aromatic nitrogens is 3. The van der Waals surface area contributed by atoms with E-state index in [0.29, 0.717) is 5.56 Å². The van der Waals surface area contributed by atoms with Gasteiger partial charge in [-0.05, 0) is 21.6 Å². The van der Waals surface area contributed by atoms with Crippen molar-refractivity contribution in [2.75, 3.05) is 5.73 Å². The van der Waals surface area contributed by atoms with Crippen LogP contribution in [0.2, 0.25) is 0 Å². The highest BCUT2D eigenvalue weighted by atomic mass is 33.1. The highest BCUT2D eigenvalue weighted by Gasteiger charge is 2.47. The van der Waals surface area contributed by atoms with Gasteiger partial charge in [0.05, 0.1) is 5.57 Å². The van der Waals surface area contributed by atoms with Crippen LogP contribution in [0.25, 0.3) is 5.76 Å². The first kappa shape index (κ1) is 15.9. The van der Waals surface area contributed by atoms with Crippen molar-refractivity contribution < 1.29 is 9.90 Å². The average Bonchev–Trinajstić information content (AvgIpc) is 3.13. The van der Waals surface area contributed by atoms with Gasteiger partial charge < -0.3 is 10.8 Å². The number of anilines is 1. The number of fused-ring (bicyclic) bond motifs is 1. The van der Waals surface area contributed by atoms with Crippen molar-refractivity contribution in [3.05, 3.63) is 41.0 Å². The molecule has 0 spiro atoms. The molecule has 10 heteroatoms. The fraction of sp³-hybridized carbons (Fsp3) is 0.0714. The van der Waals surface area contributed by atoms with E-state index in [2.05, 4.69) is 15.2 Å². The summed E-state index contributed by atoms with van der Waals surface area (Å²) in [4.78, 5) is 16.4. The molecule has 0 fully saturated rings. The lowest BCUT2D eigenvalue weighted by Crippen LogP contribution is -2.26. The van der Waals surface area contributed by atoms with Crippen molar-refractivity contribution in [2.24, 2.45) is 0 Å². The third-order valence-corrected chi connectivity index (χ3v) is 5.78. The first-order chi connectivity index (χ1) is 11.5. The lowest BCUT2D eigenvalue weighted by atomic mass is 9.97. The minimum atomic E-state index is -1.92. The smallest absolute Gasteiger partial charge is 0.231 e. The molecule has 8 nitrogen and oxygen atoms in total. The second kappa shape index (κ2) is 5.92. The molecule has 1 aromatic carbocycles. The molecular weight excluding hydrogens is 348 g/mol. The maximum absolute atomic E-state index is 12.6. The van der Waals surface area contributed by atoms with E-state index in [1.165, 1.54) is 6.07 Å². The summed E-state index contributed by atoms with van der Waals surface area (Å²) in [5, 5.41) is 35.9. The van der Waals surface area contributed by atoms with Crippen LogP contribution >= 0.6 is 21.6 Å². The molecule has 0 atom stereocenters. The number of hydrogen-bond donors (Lipinski definition) is 3. The predicted octanol–water partition coefficient (Wildman–Crippen LogP) is 2.08. The molecule has 1 heterocycles. The Kier molecular flexibility index (Phi) is 3.93. The Balaban J connectivity index is 2.00. The molecule has 4 N–H and O–H groups in total. The van der Waals surface area contributed by atoms with Gasteiger partial charge in [-0.2, -0.15) is 15.5 Å². The van der Waals surface area contributed by atoms with Crippen LogP contribution in [0.3, 0.4) is 0 Å². The van der Waals surface area contributed by atoms with Gasteiger partial charge in [0, 0.05) is 11.1 Å². The Morgan fingerprint density at radius 2 is 1.92 bits per heavy atom. The first-order valence-electron chi connectivity index (χ1n) is 6.46. The summed E-state index contributed by atoms with van der Waals surface area (Å²) < 4.78 is -1.92. The Hall–Kier alpha value is -2.95. The van der Waals surface area contributed by atoms with Gasteiger partial charge in [0.15, 0.2) is 5.78 Å². The Morgan fingerprint density at radius 3 is 2.46 bits per heavy atom. The summed E-state index contributed by atoms with van der Waals surface area (Å²) in [6.45, 7) is 0. The van der Waals surface area contributed by atoms with Gasteiger partial charge in [-0.15, -0.1) is 5.10 Å². The number of carbonyl (C=O) groups excluding carboxylic acids is 1. The molecular formula is C14H8N6O2S2. The Labute approximate surface area is 143 Å². The molecule has 118 valence electrons. The van der Waals surface area contributed by atoms with Gasteiger partial charge in [0.1, 0.15) is 17.9 Å². The largest absolute Gasteiger partial charge is 0.507 e. The number of aliphatic hydroxyl groups excluding tert-OH is 1. The van der Waals surface area contributed by atoms with Crippen LogP contribution in [0.15, 0.2) is 35.0 Å². The number of nitrogen functional groups attached to an aromatic ring is 1. The van der Waals surface area contributed by atoms with E-state index in [4.69, 9.17) is 5.73 Å². The van der Waals surface area contributed by atoms with Crippen LogP contribution in [0.1, 0.15) is 15.9 Å². The number of ketones is 1. The quantitative estimate of drug-likeness (QED) is 0.699. The van der Waals surface area contributed by atoms with E-state index < -0.39 is 10.5 Å². The minimum absolute atomic E-state index is 0.0871. The van der Waals surface area contributed by atoms with E-state index in [1.54, 1.807) is 18.2 Å². The number of Topliss-reactive ketones (excluding diaryl/α,β-unsaturated/α-hetero) is 1. The van der Waals surface area contributed by atoms with E-state index in [0.717, 1.165) is 21.6 Å². The Morgan fingerprint density at radius 1 is 1.25 bits per heavy atom. The van der Waals surface area contributed by atoms with Crippen LogP contribution < -0.4 is 5.73 Å². The van der Waals surface area contributed by atoms with Gasteiger partial charge in [-0.3, -0.25) is 4.79 Å². The molecule has 1 aliphatic rings. The van der Waals surface area contributed by atoms with Crippen molar-refractivity contribution in [3.63, 3.8) is 0 Å². The summed E-state index contributed by atoms with van der Waals surface area (Å²) >= 11 is 0. The van der Waals surface area contributed by atoms with Crippen molar-refractivity contribution in [2.45, 2.75) is 9.90 Å². The van der Waals surface area contributed by atoms with Crippen LogP contribution in [0, 0.1) is 22.7 Å². The van der Waals surface area contributed by atoms with Crippen LogP contribution in [-0.2, 0) is 0 Å². The number of nitriles is 2. The fourth-order valence-electron chi connectivity index (χ4n) is 2.20. The zero-order chi connectivity index (χ0) is 17.3. The molecule has 1 aliphatic carbocycles. The monoisotopic (exact) mass is 356 g/mol. The van der Waals surface area contributed by atoms with Gasteiger partial charge in [0.25, 0.3) is 0 Å². The molecule has 0 aliphatic heterocycles. The van der Waals surface area contributed by atoms with Crippen molar-refractivity contribution in [1.29, 1.82) is 10.5 Å². The first-order valence-corrected chi connectivity index (χ1v) is 8.61.